The molecule has 43 heavy (non-hydrogen) atoms. The van der Waals surface area contributed by atoms with Gasteiger partial charge in [-0.25, -0.2) is 13.4 Å². The van der Waals surface area contributed by atoms with E-state index in [2.05, 4.69) is 10.7 Å². The zero-order chi connectivity index (χ0) is 31.6. The number of hydrogen-bond acceptors (Lipinski definition) is 8. The van der Waals surface area contributed by atoms with Gasteiger partial charge < -0.3 is 19.9 Å². The molecular weight excluding hydrogens is 572 g/mol. The van der Waals surface area contributed by atoms with Crippen LogP contribution in [0.3, 0.4) is 0 Å². The van der Waals surface area contributed by atoms with Gasteiger partial charge in [-0.3, -0.25) is 15.0 Å². The van der Waals surface area contributed by atoms with Crippen molar-refractivity contribution in [3.8, 4) is 11.5 Å². The predicted molar refractivity (Wildman–Crippen MR) is 164 cm³/mol. The molecule has 1 unspecified atom stereocenters. The summed E-state index contributed by atoms with van der Waals surface area (Å²) in [6.07, 6.45) is -0.249. The Morgan fingerprint density at radius 2 is 1.67 bits per heavy atom. The molecule has 0 spiro atoms. The zero-order valence-electron chi connectivity index (χ0n) is 25.8. The summed E-state index contributed by atoms with van der Waals surface area (Å²) in [6, 6.07) is 12.8. The number of hydrogen-bond donors (Lipinski definition) is 3. The van der Waals surface area contributed by atoms with E-state index in [0.29, 0.717) is 24.7 Å². The van der Waals surface area contributed by atoms with Crippen LogP contribution < -0.4 is 20.2 Å². The van der Waals surface area contributed by atoms with Crippen molar-refractivity contribution in [2.45, 2.75) is 64.0 Å². The monoisotopic (exact) mass is 618 g/mol. The molecule has 0 aromatic heterocycles. The highest BCUT2D eigenvalue weighted by Gasteiger charge is 2.36. The smallest absolute Gasteiger partial charge is 0.252 e. The Labute approximate surface area is 255 Å². The molecule has 0 fully saturated rings. The first-order valence-corrected chi connectivity index (χ1v) is 16.3. The second kappa shape index (κ2) is 16.0. The normalized spacial score (nSPS) is 15.2. The van der Waals surface area contributed by atoms with Gasteiger partial charge in [0.15, 0.2) is 11.5 Å². The van der Waals surface area contributed by atoms with Crippen LogP contribution in [0, 0.1) is 11.8 Å². The lowest BCUT2D eigenvalue weighted by Gasteiger charge is -2.37. The largest absolute Gasteiger partial charge is 0.486 e. The molecule has 238 valence electrons. The van der Waals surface area contributed by atoms with Crippen molar-refractivity contribution in [1.82, 2.24) is 20.1 Å². The molecule has 3 rings (SSSR count). The van der Waals surface area contributed by atoms with Gasteiger partial charge in [-0.05, 0) is 43.0 Å². The van der Waals surface area contributed by atoms with E-state index in [-0.39, 0.29) is 55.1 Å². The summed E-state index contributed by atoms with van der Waals surface area (Å²) in [5.41, 5.74) is 3.51. The average molecular weight is 619 g/mol. The second-order valence-electron chi connectivity index (χ2n) is 11.4. The third-order valence-electron chi connectivity index (χ3n) is 7.25. The highest BCUT2D eigenvalue weighted by Crippen LogP contribution is 2.33. The fourth-order valence-electron chi connectivity index (χ4n) is 4.80. The summed E-state index contributed by atoms with van der Waals surface area (Å²) < 4.78 is 40.4. The van der Waals surface area contributed by atoms with Gasteiger partial charge in [0.2, 0.25) is 15.9 Å². The van der Waals surface area contributed by atoms with Crippen LogP contribution in [0.2, 0.25) is 0 Å². The summed E-state index contributed by atoms with van der Waals surface area (Å²) in [4.78, 5) is 26.4. The number of aliphatic hydroxyl groups is 1. The molecular formula is C31H46N4O7S. The number of sulfonamides is 1. The van der Waals surface area contributed by atoms with E-state index >= 15 is 0 Å². The van der Waals surface area contributed by atoms with Gasteiger partial charge >= 0.3 is 0 Å². The van der Waals surface area contributed by atoms with Crippen molar-refractivity contribution < 1.29 is 32.6 Å². The van der Waals surface area contributed by atoms with Crippen molar-refractivity contribution in [2.75, 3.05) is 39.9 Å². The first-order chi connectivity index (χ1) is 20.5. The van der Waals surface area contributed by atoms with Crippen LogP contribution in [-0.4, -0.2) is 86.7 Å². The molecule has 2 aromatic carbocycles. The van der Waals surface area contributed by atoms with Crippen LogP contribution >= 0.6 is 0 Å². The van der Waals surface area contributed by atoms with Crippen molar-refractivity contribution in [3.63, 3.8) is 0 Å². The molecule has 3 N–H and O–H groups in total. The van der Waals surface area contributed by atoms with Crippen LogP contribution in [0.4, 0.5) is 0 Å². The van der Waals surface area contributed by atoms with Crippen molar-refractivity contribution >= 4 is 21.8 Å². The number of benzene rings is 2. The molecule has 2 amide bonds. The number of rotatable bonds is 15. The number of ether oxygens (including phenoxy) is 2. The number of likely N-dealkylation sites (N-methyl/N-ethyl adjacent to an activating group) is 1. The van der Waals surface area contributed by atoms with Gasteiger partial charge in [0.25, 0.3) is 5.91 Å². The third-order valence-corrected chi connectivity index (χ3v) is 9.07. The number of nitrogens with zero attached hydrogens (tertiary/aromatic N) is 2. The number of nitrogens with one attached hydrogen (secondary N) is 2. The standard InChI is InChI=1S/C31H46N4O7S/c1-6-23(4)16-31(38)35(33-30(37)19-32-5)26(17-24-10-8-7-9-11-24)27(36)21-34(20-22(2)3)43(39,40)25-12-13-28-29(18-25)42-15-14-41-28/h7-13,18,22-23,26-27,32,36H,6,14-17,19-21H2,1-5H3,(H,33,37)/t23-,26?,27+/m0/s1. The number of hydrazine groups is 1. The Hall–Kier alpha value is -3.19. The molecule has 0 radical (unpaired) electrons. The third kappa shape index (κ3) is 9.65. The summed E-state index contributed by atoms with van der Waals surface area (Å²) in [6.45, 7) is 8.17. The summed E-state index contributed by atoms with van der Waals surface area (Å²) in [7, 11) is -2.48. The number of fused-ring (bicyclic) bond motifs is 1. The Kier molecular flexibility index (Phi) is 12.8. The number of carbonyl (C=O) groups is 2. The molecule has 1 aliphatic heterocycles. The molecule has 0 saturated carbocycles. The van der Waals surface area contributed by atoms with Crippen molar-refractivity contribution in [2.24, 2.45) is 11.8 Å². The first kappa shape index (κ1) is 34.3. The van der Waals surface area contributed by atoms with E-state index in [1.807, 2.05) is 58.0 Å². The first-order valence-electron chi connectivity index (χ1n) is 14.8. The van der Waals surface area contributed by atoms with Gasteiger partial charge in [0.05, 0.1) is 23.6 Å². The highest BCUT2D eigenvalue weighted by atomic mass is 32.2. The van der Waals surface area contributed by atoms with Gasteiger partial charge in [-0.1, -0.05) is 64.4 Å². The summed E-state index contributed by atoms with van der Waals surface area (Å²) in [5.74, 6) is -0.0224. The Balaban J connectivity index is 2.00. The second-order valence-corrected chi connectivity index (χ2v) is 13.3. The van der Waals surface area contributed by atoms with Crippen LogP contribution in [0.15, 0.2) is 53.4 Å². The van der Waals surface area contributed by atoms with Crippen LogP contribution in [0.1, 0.15) is 46.1 Å². The lowest BCUT2D eigenvalue weighted by Crippen LogP contribution is -2.60. The highest BCUT2D eigenvalue weighted by molar-refractivity contribution is 7.89. The molecule has 1 heterocycles. The SMILES string of the molecule is CC[C@H](C)CC(=O)N(NC(=O)CNC)C(Cc1ccccc1)[C@H](O)CN(CC(C)C)S(=O)(=O)c1ccc2c(c1)OCCO2. The fraction of sp³-hybridized carbons (Fsp3) is 0.548. The van der Waals surface area contributed by atoms with Crippen molar-refractivity contribution in [1.29, 1.82) is 0 Å². The number of aliphatic hydroxyl groups excluding tert-OH is 1. The number of carbonyl (C=O) groups excluding carboxylic acids is 2. The van der Waals surface area contributed by atoms with E-state index in [1.165, 1.54) is 21.4 Å². The molecule has 0 bridgehead atoms. The van der Waals surface area contributed by atoms with E-state index in [1.54, 1.807) is 13.1 Å². The van der Waals surface area contributed by atoms with Gasteiger partial charge in [-0.15, -0.1) is 0 Å². The lowest BCUT2D eigenvalue weighted by atomic mass is 9.98. The maximum Gasteiger partial charge on any atom is 0.252 e. The molecule has 11 nitrogen and oxygen atoms in total. The summed E-state index contributed by atoms with van der Waals surface area (Å²) in [5, 5.41) is 15.8. The minimum atomic E-state index is -4.09. The van der Waals surface area contributed by atoms with Crippen LogP contribution in [0.25, 0.3) is 0 Å². The van der Waals surface area contributed by atoms with Gasteiger partial charge in [0, 0.05) is 25.6 Å². The molecule has 3 atom stereocenters. The molecule has 2 aromatic rings. The Morgan fingerprint density at radius 3 is 2.30 bits per heavy atom. The molecule has 1 aliphatic rings. The van der Waals surface area contributed by atoms with Crippen LogP contribution in [-0.2, 0) is 26.0 Å². The van der Waals surface area contributed by atoms with E-state index < -0.39 is 28.1 Å². The van der Waals surface area contributed by atoms with Gasteiger partial charge in [0.1, 0.15) is 13.2 Å². The maximum atomic E-state index is 14.0. The van der Waals surface area contributed by atoms with Crippen LogP contribution in [0.5, 0.6) is 11.5 Å². The Bertz CT molecular complexity index is 1310. The topological polar surface area (TPSA) is 138 Å². The zero-order valence-corrected chi connectivity index (χ0v) is 26.6. The van der Waals surface area contributed by atoms with Crippen molar-refractivity contribution in [3.05, 3.63) is 54.1 Å². The summed E-state index contributed by atoms with van der Waals surface area (Å²) >= 11 is 0. The minimum absolute atomic E-state index is 0.0104. The lowest BCUT2D eigenvalue weighted by molar-refractivity contribution is -0.148. The Morgan fingerprint density at radius 1 is 1.00 bits per heavy atom. The maximum absolute atomic E-state index is 14.0. The van der Waals surface area contributed by atoms with E-state index in [4.69, 9.17) is 9.47 Å². The molecule has 12 heteroatoms. The fourth-order valence-corrected chi connectivity index (χ4v) is 6.44. The molecule has 0 saturated heterocycles. The quantitative estimate of drug-likeness (QED) is 0.259. The minimum Gasteiger partial charge on any atom is -0.486 e. The molecule has 0 aliphatic carbocycles. The average Bonchev–Trinajstić information content (AvgIpc) is 2.98. The van der Waals surface area contributed by atoms with E-state index in [0.717, 1.165) is 12.0 Å². The van der Waals surface area contributed by atoms with E-state index in [9.17, 15) is 23.1 Å². The predicted octanol–water partition coefficient (Wildman–Crippen LogP) is 2.59. The number of amides is 2. The van der Waals surface area contributed by atoms with Gasteiger partial charge in [-0.2, -0.15) is 4.31 Å².